The van der Waals surface area contributed by atoms with E-state index in [4.69, 9.17) is 15.3 Å². The number of carbonyl (C=O) groups is 4. The van der Waals surface area contributed by atoms with Crippen molar-refractivity contribution in [2.75, 3.05) is 0 Å². The second kappa shape index (κ2) is 8.97. The maximum atomic E-state index is 10.9. The van der Waals surface area contributed by atoms with E-state index in [0.717, 1.165) is 6.07 Å². The zero-order valence-electron chi connectivity index (χ0n) is 13.9. The molecule has 0 aliphatic carbocycles. The minimum atomic E-state index is -1.25. The fourth-order valence-electron chi connectivity index (χ4n) is 1.81. The summed E-state index contributed by atoms with van der Waals surface area (Å²) in [6.07, 6.45) is 0. The van der Waals surface area contributed by atoms with Gasteiger partial charge in [-0.25, -0.2) is 9.59 Å². The molecule has 2 aromatic rings. The normalized spacial score (nSPS) is 9.46. The van der Waals surface area contributed by atoms with Gasteiger partial charge in [0.2, 0.25) is 0 Å². The number of carboxylic acid groups (broad SMARTS) is 2. The molecule has 0 atom stereocenters. The summed E-state index contributed by atoms with van der Waals surface area (Å²) in [7, 11) is 0. The smallest absolute Gasteiger partial charge is 0.339 e. The number of hydrogen-bond donors (Lipinski definition) is 3. The number of rotatable bonds is 4. The number of ether oxygens (including phenoxy) is 1. The van der Waals surface area contributed by atoms with E-state index >= 15 is 0 Å². The minimum absolute atomic E-state index is 0.0160. The maximum absolute atomic E-state index is 10.9. The van der Waals surface area contributed by atoms with Crippen LogP contribution >= 0.6 is 0 Å². The van der Waals surface area contributed by atoms with Gasteiger partial charge in [0.1, 0.15) is 22.6 Å². The first-order chi connectivity index (χ1) is 12.1. The number of carbonyl (C=O) groups excluding carboxylic acids is 2. The van der Waals surface area contributed by atoms with Crippen molar-refractivity contribution in [2.45, 2.75) is 13.8 Å². The second-order valence-electron chi connectivity index (χ2n) is 4.99. The lowest BCUT2D eigenvalue weighted by atomic mass is 10.1. The summed E-state index contributed by atoms with van der Waals surface area (Å²) in [5, 5.41) is 26.4. The van der Waals surface area contributed by atoms with E-state index in [2.05, 4.69) is 4.74 Å². The van der Waals surface area contributed by atoms with Crippen LogP contribution in [-0.2, 0) is 4.79 Å². The Labute approximate surface area is 148 Å². The molecule has 3 N–H and O–H groups in total. The molecule has 8 heteroatoms. The van der Waals surface area contributed by atoms with Crippen LogP contribution in [0.3, 0.4) is 0 Å². The number of para-hydroxylation sites is 1. The maximum Gasteiger partial charge on any atom is 0.339 e. The van der Waals surface area contributed by atoms with Crippen LogP contribution in [0.4, 0.5) is 0 Å². The molecule has 0 saturated carbocycles. The van der Waals surface area contributed by atoms with E-state index in [0.29, 0.717) is 0 Å². The van der Waals surface area contributed by atoms with Gasteiger partial charge in [-0.3, -0.25) is 9.59 Å². The first kappa shape index (κ1) is 20.4. The van der Waals surface area contributed by atoms with Gasteiger partial charge in [0.15, 0.2) is 5.78 Å². The molecule has 0 heterocycles. The summed E-state index contributed by atoms with van der Waals surface area (Å²) in [5.74, 6) is -3.39. The molecule has 2 rings (SSSR count). The van der Waals surface area contributed by atoms with Crippen LogP contribution in [0.25, 0.3) is 0 Å². The highest BCUT2D eigenvalue weighted by Gasteiger charge is 2.12. The third-order valence-electron chi connectivity index (χ3n) is 3.00. The van der Waals surface area contributed by atoms with Gasteiger partial charge in [-0.1, -0.05) is 12.1 Å². The van der Waals surface area contributed by atoms with Gasteiger partial charge in [0.25, 0.3) is 0 Å². The lowest BCUT2D eigenvalue weighted by Crippen LogP contribution is -2.06. The number of phenols is 1. The molecule has 0 aromatic heterocycles. The highest BCUT2D eigenvalue weighted by atomic mass is 16.5. The lowest BCUT2D eigenvalue weighted by Gasteiger charge is -2.03. The molecule has 8 nitrogen and oxygen atoms in total. The average molecular weight is 360 g/mol. The van der Waals surface area contributed by atoms with E-state index < -0.39 is 17.9 Å². The molecule has 2 aromatic carbocycles. The van der Waals surface area contributed by atoms with Crippen LogP contribution in [-0.4, -0.2) is 39.0 Å². The molecular weight excluding hydrogens is 344 g/mol. The standard InChI is InChI=1S/2C9H8O4/c1-5(10)6-2-3-8(11)7(4-6)9(12)13;1-6(10)13-8-5-3-2-4-7(8)9(11)12/h2-4,11H,1H3,(H,12,13);2-5H,1H3,(H,11,12). The van der Waals surface area contributed by atoms with Gasteiger partial charge in [0.05, 0.1) is 0 Å². The average Bonchev–Trinajstić information content (AvgIpc) is 2.55. The Morgan fingerprint density at radius 3 is 1.92 bits per heavy atom. The van der Waals surface area contributed by atoms with Gasteiger partial charge in [-0.05, 0) is 37.3 Å². The van der Waals surface area contributed by atoms with Crippen molar-refractivity contribution in [2.24, 2.45) is 0 Å². The van der Waals surface area contributed by atoms with Gasteiger partial charge in [-0.2, -0.15) is 0 Å². The van der Waals surface area contributed by atoms with Gasteiger partial charge in [-0.15, -0.1) is 0 Å². The van der Waals surface area contributed by atoms with Crippen molar-refractivity contribution >= 4 is 23.7 Å². The number of esters is 1. The Bertz CT molecular complexity index is 854. The van der Waals surface area contributed by atoms with Gasteiger partial charge in [0, 0.05) is 12.5 Å². The molecule has 26 heavy (non-hydrogen) atoms. The number of Topliss-reactive ketones (excluding diaryl/α,β-unsaturated/α-hetero) is 1. The molecule has 0 fully saturated rings. The lowest BCUT2D eigenvalue weighted by molar-refractivity contribution is -0.131. The van der Waals surface area contributed by atoms with Gasteiger partial charge >= 0.3 is 17.9 Å². The summed E-state index contributed by atoms with van der Waals surface area (Å²) in [6, 6.07) is 9.71. The van der Waals surface area contributed by atoms with Crippen molar-refractivity contribution in [3.8, 4) is 11.5 Å². The molecule has 0 spiro atoms. The van der Waals surface area contributed by atoms with Crippen LogP contribution in [0, 0.1) is 0 Å². The number of aromatic carboxylic acids is 2. The third kappa shape index (κ3) is 5.75. The zero-order valence-corrected chi connectivity index (χ0v) is 13.9. The van der Waals surface area contributed by atoms with Crippen LogP contribution < -0.4 is 4.74 Å². The minimum Gasteiger partial charge on any atom is -0.507 e. The Balaban J connectivity index is 0.000000260. The largest absolute Gasteiger partial charge is 0.507 e. The van der Waals surface area contributed by atoms with E-state index in [1.165, 1.54) is 38.1 Å². The number of hydrogen-bond acceptors (Lipinski definition) is 6. The summed E-state index contributed by atoms with van der Waals surface area (Å²) < 4.78 is 4.69. The van der Waals surface area contributed by atoms with Crippen molar-refractivity contribution in [3.63, 3.8) is 0 Å². The molecule has 0 bridgehead atoms. The van der Waals surface area contributed by atoms with Crippen molar-refractivity contribution in [1.82, 2.24) is 0 Å². The SMILES string of the molecule is CC(=O)Oc1ccccc1C(=O)O.CC(=O)c1ccc(O)c(C(=O)O)c1. The van der Waals surface area contributed by atoms with Gasteiger partial charge < -0.3 is 20.1 Å². The first-order valence-electron chi connectivity index (χ1n) is 7.21. The number of ketones is 1. The van der Waals surface area contributed by atoms with E-state index in [9.17, 15) is 19.2 Å². The summed E-state index contributed by atoms with van der Waals surface area (Å²) in [5.41, 5.74) is 0.000556. The Morgan fingerprint density at radius 2 is 1.42 bits per heavy atom. The quantitative estimate of drug-likeness (QED) is 0.430. The van der Waals surface area contributed by atoms with E-state index in [1.807, 2.05) is 0 Å². The molecule has 0 aliphatic rings. The molecule has 0 radical (unpaired) electrons. The highest BCUT2D eigenvalue weighted by Crippen LogP contribution is 2.19. The van der Waals surface area contributed by atoms with E-state index in [-0.39, 0.29) is 34.0 Å². The molecule has 0 unspecified atom stereocenters. The summed E-state index contributed by atoms with van der Waals surface area (Å²) >= 11 is 0. The zero-order chi connectivity index (χ0) is 19.9. The number of benzene rings is 2. The number of aromatic hydroxyl groups is 1. The number of carboxylic acids is 2. The van der Waals surface area contributed by atoms with Crippen LogP contribution in [0.2, 0.25) is 0 Å². The van der Waals surface area contributed by atoms with Crippen molar-refractivity contribution in [3.05, 3.63) is 59.2 Å². The fourth-order valence-corrected chi connectivity index (χ4v) is 1.81. The summed E-state index contributed by atoms with van der Waals surface area (Å²) in [4.78, 5) is 42.6. The van der Waals surface area contributed by atoms with Crippen molar-refractivity contribution < 1.29 is 39.2 Å². The van der Waals surface area contributed by atoms with Crippen LogP contribution in [0.15, 0.2) is 42.5 Å². The fraction of sp³-hybridized carbons (Fsp3) is 0.111. The Morgan fingerprint density at radius 1 is 0.846 bits per heavy atom. The Kier molecular flexibility index (Phi) is 7.03. The second-order valence-corrected chi connectivity index (χ2v) is 4.99. The molecular formula is C18H16O8. The van der Waals surface area contributed by atoms with Crippen LogP contribution in [0.1, 0.15) is 44.9 Å². The predicted octanol–water partition coefficient (Wildman–Crippen LogP) is 2.60. The monoisotopic (exact) mass is 360 g/mol. The van der Waals surface area contributed by atoms with E-state index in [1.54, 1.807) is 12.1 Å². The third-order valence-corrected chi connectivity index (χ3v) is 3.00. The topological polar surface area (TPSA) is 138 Å². The summed E-state index contributed by atoms with van der Waals surface area (Å²) in [6.45, 7) is 2.55. The first-order valence-corrected chi connectivity index (χ1v) is 7.21. The predicted molar refractivity (Wildman–Crippen MR) is 89.8 cm³/mol. The van der Waals surface area contributed by atoms with Crippen LogP contribution in [0.5, 0.6) is 11.5 Å². The molecule has 0 saturated heterocycles. The van der Waals surface area contributed by atoms with Crippen molar-refractivity contribution in [1.29, 1.82) is 0 Å². The molecule has 0 aliphatic heterocycles. The molecule has 0 amide bonds. The Hall–Kier alpha value is -3.68. The highest BCUT2D eigenvalue weighted by molar-refractivity contribution is 5.98. The molecule has 136 valence electrons.